The summed E-state index contributed by atoms with van der Waals surface area (Å²) in [6.45, 7) is 5.23. The van der Waals surface area contributed by atoms with Crippen molar-refractivity contribution in [1.29, 1.82) is 0 Å². The van der Waals surface area contributed by atoms with Crippen molar-refractivity contribution in [2.24, 2.45) is 0 Å². The van der Waals surface area contributed by atoms with Gasteiger partial charge in [-0.05, 0) is 50.6 Å². The van der Waals surface area contributed by atoms with Crippen LogP contribution in [-0.2, 0) is 21.0 Å². The second kappa shape index (κ2) is 8.91. The molecule has 1 aliphatic heterocycles. The molecule has 5 rings (SSSR count). The van der Waals surface area contributed by atoms with Crippen LogP contribution in [0, 0.1) is 0 Å². The summed E-state index contributed by atoms with van der Waals surface area (Å²) < 4.78 is 10.5. The number of rotatable bonds is 0. The summed E-state index contributed by atoms with van der Waals surface area (Å²) in [5.74, 6) is 1.55. The molecule has 1 aromatic heterocycles. The Hall–Kier alpha value is -2.47. The van der Waals surface area contributed by atoms with Gasteiger partial charge in [0.15, 0.2) is 18.0 Å². The van der Waals surface area contributed by atoms with Crippen molar-refractivity contribution in [1.82, 2.24) is 0 Å². The van der Waals surface area contributed by atoms with Crippen molar-refractivity contribution in [3.05, 3.63) is 71.9 Å². The number of allylic oxidation sites excluding steroid dienone is 1. The average Bonchev–Trinajstić information content (AvgIpc) is 2.70. The fourth-order valence-electron chi connectivity index (χ4n) is 3.51. The van der Waals surface area contributed by atoms with Gasteiger partial charge in [-0.25, -0.2) is 0 Å². The Morgan fingerprint density at radius 2 is 1.62 bits per heavy atom. The number of hydrogen-bond donors (Lipinski definition) is 1. The third kappa shape index (κ3) is 4.76. The van der Waals surface area contributed by atoms with Crippen molar-refractivity contribution in [3.8, 4) is 11.5 Å². The predicted octanol–water partition coefficient (Wildman–Crippen LogP) is 4.48. The molecule has 0 spiro atoms. The first kappa shape index (κ1) is 21.2. The van der Waals surface area contributed by atoms with E-state index >= 15 is 0 Å². The van der Waals surface area contributed by atoms with E-state index in [0.717, 1.165) is 46.2 Å². The molecule has 6 heteroatoms. The Morgan fingerprint density at radius 3 is 2.38 bits per heavy atom. The number of hydrogen-bond acceptors (Lipinski definition) is 4. The molecule has 2 heterocycles. The SMILES string of the molecule is C1=Cc2cccc3c2C(C1)[n+]1cccc2cccc(c21)OO3.CC(C)(C)O.[O]=[V]. The zero-order valence-electron chi connectivity index (χ0n) is 16.7. The van der Waals surface area contributed by atoms with Gasteiger partial charge in [0.25, 0.3) is 5.52 Å². The van der Waals surface area contributed by atoms with E-state index in [9.17, 15) is 0 Å². The predicted molar refractivity (Wildman–Crippen MR) is 106 cm³/mol. The molecule has 0 saturated heterocycles. The summed E-state index contributed by atoms with van der Waals surface area (Å²) in [5, 5.41) is 9.67. The van der Waals surface area contributed by atoms with Crippen LogP contribution in [0.1, 0.15) is 44.4 Å². The van der Waals surface area contributed by atoms with Gasteiger partial charge in [0.1, 0.15) is 0 Å². The molecule has 1 aliphatic carbocycles. The molecule has 5 nitrogen and oxygen atoms in total. The zero-order chi connectivity index (χ0) is 21.0. The topological polar surface area (TPSA) is 59.6 Å². The van der Waals surface area contributed by atoms with Crippen LogP contribution >= 0.6 is 0 Å². The van der Waals surface area contributed by atoms with Crippen molar-refractivity contribution in [2.45, 2.75) is 38.8 Å². The second-order valence-electron chi connectivity index (χ2n) is 7.86. The van der Waals surface area contributed by atoms with Crippen LogP contribution in [0.3, 0.4) is 0 Å². The van der Waals surface area contributed by atoms with E-state index in [1.807, 2.05) is 24.3 Å². The van der Waals surface area contributed by atoms with Gasteiger partial charge in [0.2, 0.25) is 5.75 Å². The van der Waals surface area contributed by atoms with Crippen molar-refractivity contribution in [3.63, 3.8) is 0 Å². The van der Waals surface area contributed by atoms with Crippen LogP contribution in [0.15, 0.2) is 60.8 Å². The summed E-state index contributed by atoms with van der Waals surface area (Å²) in [4.78, 5) is 11.3. The number of para-hydroxylation sites is 1. The molecule has 1 atom stereocenters. The monoisotopic (exact) mass is 429 g/mol. The Kier molecular flexibility index (Phi) is 6.53. The summed E-state index contributed by atoms with van der Waals surface area (Å²) in [7, 11) is 0. The molecule has 0 amide bonds. The Labute approximate surface area is 179 Å². The summed E-state index contributed by atoms with van der Waals surface area (Å²) in [6.07, 6.45) is 7.47. The van der Waals surface area contributed by atoms with Crippen LogP contribution in [0.25, 0.3) is 17.0 Å². The van der Waals surface area contributed by atoms with E-state index in [4.69, 9.17) is 18.6 Å². The molecule has 2 aliphatic rings. The average molecular weight is 429 g/mol. The summed E-state index contributed by atoms with van der Waals surface area (Å²) >= 11 is 1.06. The molecule has 2 aromatic carbocycles. The number of aliphatic hydroxyl groups is 1. The van der Waals surface area contributed by atoms with Gasteiger partial charge >= 0.3 is 21.0 Å². The number of aromatic nitrogens is 1. The quantitative estimate of drug-likeness (QED) is 0.423. The molecule has 149 valence electrons. The van der Waals surface area contributed by atoms with Gasteiger partial charge in [-0.3, -0.25) is 9.78 Å². The van der Waals surface area contributed by atoms with Gasteiger partial charge in [0, 0.05) is 12.5 Å². The number of benzene rings is 2. The number of nitrogens with zero attached hydrogens (tertiary/aromatic N) is 1. The molecular formula is C23H24NO4V+. The van der Waals surface area contributed by atoms with Gasteiger partial charge < -0.3 is 5.11 Å². The van der Waals surface area contributed by atoms with E-state index in [0.29, 0.717) is 0 Å². The molecule has 0 radical (unpaired) electrons. The van der Waals surface area contributed by atoms with Crippen LogP contribution in [0.4, 0.5) is 0 Å². The fraction of sp³-hybridized carbons (Fsp3) is 0.261. The van der Waals surface area contributed by atoms with E-state index in [2.05, 4.69) is 47.2 Å². The third-order valence-corrected chi connectivity index (χ3v) is 4.46. The zero-order valence-corrected chi connectivity index (χ0v) is 18.1. The Balaban J connectivity index is 0.000000304. The Bertz CT molecular complexity index is 1030. The fourth-order valence-corrected chi connectivity index (χ4v) is 3.51. The van der Waals surface area contributed by atoms with Crippen molar-refractivity contribution in [2.75, 3.05) is 0 Å². The van der Waals surface area contributed by atoms with E-state index in [1.54, 1.807) is 20.8 Å². The maximum absolute atomic E-state index is 8.52. The standard InChI is InChI=1S/C19H14NO2.C4H10O.O.V/c1-5-13-6-2-10-16-18(13)15(9-1)20-12-4-8-14-7-3-11-17(19(14)20)22-21-16;1-4(2,3)5;;/h1-8,10-12,15H,9H2;5H,1-3H3;;/q+1;;;. The molecule has 3 aromatic rings. The first-order valence-corrected chi connectivity index (χ1v) is 9.96. The second-order valence-corrected chi connectivity index (χ2v) is 7.86. The minimum absolute atomic E-state index is 0.227. The maximum atomic E-state index is 8.52. The van der Waals surface area contributed by atoms with Crippen LogP contribution < -0.4 is 14.3 Å². The van der Waals surface area contributed by atoms with Crippen molar-refractivity contribution < 1.29 is 40.5 Å². The first-order chi connectivity index (χ1) is 13.9. The van der Waals surface area contributed by atoms with E-state index in [1.165, 1.54) is 11.1 Å². The van der Waals surface area contributed by atoms with Crippen LogP contribution in [0.2, 0.25) is 0 Å². The van der Waals surface area contributed by atoms with E-state index in [-0.39, 0.29) is 6.04 Å². The molecule has 0 bridgehead atoms. The Morgan fingerprint density at radius 1 is 1.00 bits per heavy atom. The van der Waals surface area contributed by atoms with Crippen LogP contribution in [0.5, 0.6) is 11.5 Å². The van der Waals surface area contributed by atoms with Gasteiger partial charge in [-0.15, -0.1) is 0 Å². The van der Waals surface area contributed by atoms with Gasteiger partial charge in [0.05, 0.1) is 16.6 Å². The molecular weight excluding hydrogens is 405 g/mol. The molecule has 1 N–H and O–H groups in total. The normalized spacial score (nSPS) is 15.8. The summed E-state index contributed by atoms with van der Waals surface area (Å²) in [6, 6.07) is 16.6. The van der Waals surface area contributed by atoms with E-state index < -0.39 is 5.60 Å². The third-order valence-electron chi connectivity index (χ3n) is 4.46. The van der Waals surface area contributed by atoms with Crippen molar-refractivity contribution >= 4 is 17.0 Å². The first-order valence-electron chi connectivity index (χ1n) is 9.39. The van der Waals surface area contributed by atoms with Gasteiger partial charge in [-0.1, -0.05) is 30.4 Å². The molecule has 0 saturated carbocycles. The van der Waals surface area contributed by atoms with Gasteiger partial charge in [-0.2, -0.15) is 4.57 Å². The molecule has 0 fully saturated rings. The molecule has 1 unspecified atom stereocenters. The number of fused-ring (bicyclic) bond motifs is 1. The summed E-state index contributed by atoms with van der Waals surface area (Å²) in [5.41, 5.74) is 2.96. The molecule has 29 heavy (non-hydrogen) atoms. The minimum atomic E-state index is -0.500. The van der Waals surface area contributed by atoms with Crippen LogP contribution in [-0.4, -0.2) is 10.7 Å². The number of pyridine rings is 1.